The third-order valence-corrected chi connectivity index (χ3v) is 6.66. The lowest BCUT2D eigenvalue weighted by Gasteiger charge is -2.27. The second-order valence-corrected chi connectivity index (χ2v) is 8.98. The second kappa shape index (κ2) is 9.58. The summed E-state index contributed by atoms with van der Waals surface area (Å²) in [5.41, 5.74) is 0. The van der Waals surface area contributed by atoms with Crippen LogP contribution in [-0.2, 0) is 14.8 Å². The highest BCUT2D eigenvalue weighted by Crippen LogP contribution is 2.23. The first-order valence-electron chi connectivity index (χ1n) is 8.98. The topological polar surface area (TPSA) is 66.9 Å². The summed E-state index contributed by atoms with van der Waals surface area (Å²) in [7, 11) is -1.70. The molecule has 1 unspecified atom stereocenters. The van der Waals surface area contributed by atoms with Crippen LogP contribution in [0.4, 0.5) is 0 Å². The molecule has 0 saturated carbocycles. The number of hydrogen-bond donors (Lipinski definition) is 0. The number of carbonyl (C=O) groups excluding carboxylic acids is 1. The van der Waals surface area contributed by atoms with Gasteiger partial charge in [-0.1, -0.05) is 31.0 Å². The Kier molecular flexibility index (Phi) is 7.73. The first-order chi connectivity index (χ1) is 12.3. The van der Waals surface area contributed by atoms with Crippen molar-refractivity contribution < 1.29 is 17.9 Å². The molecule has 6 nitrogen and oxygen atoms in total. The molecule has 1 heterocycles. The number of sulfonamides is 1. The molecule has 0 aliphatic carbocycles. The molecular weight excluding hydrogens is 376 g/mol. The fourth-order valence-corrected chi connectivity index (χ4v) is 5.04. The van der Waals surface area contributed by atoms with Crippen molar-refractivity contribution in [3.8, 4) is 5.75 Å². The maximum absolute atomic E-state index is 12.7. The summed E-state index contributed by atoms with van der Waals surface area (Å²) in [5, 5.41) is 0.589. The van der Waals surface area contributed by atoms with E-state index in [4.69, 9.17) is 16.3 Å². The van der Waals surface area contributed by atoms with Gasteiger partial charge in [-0.15, -0.1) is 0 Å². The van der Waals surface area contributed by atoms with Crippen LogP contribution in [0.2, 0.25) is 5.02 Å². The number of carbonyl (C=O) groups is 1. The largest absolute Gasteiger partial charge is 0.492 e. The van der Waals surface area contributed by atoms with E-state index in [1.54, 1.807) is 36.2 Å². The van der Waals surface area contributed by atoms with Crippen molar-refractivity contribution >= 4 is 27.5 Å². The van der Waals surface area contributed by atoms with E-state index >= 15 is 0 Å². The smallest absolute Gasteiger partial charge is 0.240 e. The van der Waals surface area contributed by atoms with Crippen LogP contribution in [0.5, 0.6) is 5.75 Å². The van der Waals surface area contributed by atoms with Crippen molar-refractivity contribution in [2.75, 3.05) is 32.5 Å². The van der Waals surface area contributed by atoms with Gasteiger partial charge in [-0.25, -0.2) is 8.42 Å². The Balaban J connectivity index is 1.90. The van der Waals surface area contributed by atoms with E-state index in [0.717, 1.165) is 6.42 Å². The van der Waals surface area contributed by atoms with E-state index in [9.17, 15) is 13.2 Å². The molecule has 1 aromatic carbocycles. The Labute approximate surface area is 161 Å². The predicted molar refractivity (Wildman–Crippen MR) is 103 cm³/mol. The highest BCUT2D eigenvalue weighted by Gasteiger charge is 2.39. The first kappa shape index (κ1) is 21.0. The summed E-state index contributed by atoms with van der Waals surface area (Å²) >= 11 is 5.91. The Morgan fingerprint density at radius 2 is 2.19 bits per heavy atom. The van der Waals surface area contributed by atoms with Crippen LogP contribution >= 0.6 is 11.6 Å². The van der Waals surface area contributed by atoms with Crippen LogP contribution in [0.15, 0.2) is 24.3 Å². The maximum Gasteiger partial charge on any atom is 0.240 e. The molecule has 1 aliphatic heterocycles. The molecule has 0 radical (unpaired) electrons. The molecule has 1 saturated heterocycles. The molecule has 2 rings (SSSR count). The van der Waals surface area contributed by atoms with Crippen molar-refractivity contribution in [2.45, 2.75) is 38.6 Å². The molecule has 0 N–H and O–H groups in total. The number of ether oxygens (including phenoxy) is 1. The van der Waals surface area contributed by atoms with Crippen LogP contribution in [-0.4, -0.2) is 62.1 Å². The zero-order valence-corrected chi connectivity index (χ0v) is 16.9. The predicted octanol–water partition coefficient (Wildman–Crippen LogP) is 2.77. The lowest BCUT2D eigenvalue weighted by molar-refractivity contribution is -0.133. The number of hydrogen-bond acceptors (Lipinski definition) is 4. The Morgan fingerprint density at radius 3 is 2.88 bits per heavy atom. The molecule has 0 bridgehead atoms. The van der Waals surface area contributed by atoms with Gasteiger partial charge in [0, 0.05) is 18.6 Å². The first-order valence-corrected chi connectivity index (χ1v) is 11.0. The SMILES string of the molecule is CCCCS(=O)(=O)N1CCCC1C(=O)N(C)CCOc1cccc(Cl)c1. The van der Waals surface area contributed by atoms with E-state index in [-0.39, 0.29) is 11.7 Å². The zero-order chi connectivity index (χ0) is 19.2. The van der Waals surface area contributed by atoms with Gasteiger partial charge in [0.2, 0.25) is 15.9 Å². The van der Waals surface area contributed by atoms with Gasteiger partial charge < -0.3 is 9.64 Å². The van der Waals surface area contributed by atoms with Crippen LogP contribution in [0, 0.1) is 0 Å². The minimum Gasteiger partial charge on any atom is -0.492 e. The lowest BCUT2D eigenvalue weighted by Crippen LogP contribution is -2.47. The van der Waals surface area contributed by atoms with Gasteiger partial charge in [-0.3, -0.25) is 4.79 Å². The van der Waals surface area contributed by atoms with Crippen molar-refractivity contribution in [3.63, 3.8) is 0 Å². The second-order valence-electron chi connectivity index (χ2n) is 6.50. The van der Waals surface area contributed by atoms with Crippen molar-refractivity contribution in [2.24, 2.45) is 0 Å². The summed E-state index contributed by atoms with van der Waals surface area (Å²) < 4.78 is 32.0. The zero-order valence-electron chi connectivity index (χ0n) is 15.4. The molecule has 1 amide bonds. The van der Waals surface area contributed by atoms with Crippen molar-refractivity contribution in [1.82, 2.24) is 9.21 Å². The molecular formula is C18H27ClN2O4S. The molecule has 1 aromatic rings. The van der Waals surface area contributed by atoms with Gasteiger partial charge >= 0.3 is 0 Å². The monoisotopic (exact) mass is 402 g/mol. The van der Waals surface area contributed by atoms with Gasteiger partial charge in [0.25, 0.3) is 0 Å². The average Bonchev–Trinajstić information content (AvgIpc) is 3.10. The number of halogens is 1. The third kappa shape index (κ3) is 5.59. The molecule has 146 valence electrons. The summed E-state index contributed by atoms with van der Waals surface area (Å²) in [6.07, 6.45) is 2.72. The molecule has 8 heteroatoms. The van der Waals surface area contributed by atoms with E-state index in [0.29, 0.717) is 49.7 Å². The van der Waals surface area contributed by atoms with Gasteiger partial charge in [0.15, 0.2) is 0 Å². The minimum atomic E-state index is -3.38. The average molecular weight is 403 g/mol. The highest BCUT2D eigenvalue weighted by atomic mass is 35.5. The molecule has 26 heavy (non-hydrogen) atoms. The maximum atomic E-state index is 12.7. The summed E-state index contributed by atoms with van der Waals surface area (Å²) in [5.74, 6) is 0.578. The van der Waals surface area contributed by atoms with Crippen LogP contribution in [0.3, 0.4) is 0 Å². The number of likely N-dealkylation sites (N-methyl/N-ethyl adjacent to an activating group) is 1. The van der Waals surface area contributed by atoms with E-state index in [1.807, 2.05) is 6.92 Å². The van der Waals surface area contributed by atoms with Crippen LogP contribution in [0.25, 0.3) is 0 Å². The number of rotatable bonds is 9. The minimum absolute atomic E-state index is 0.106. The fourth-order valence-electron chi connectivity index (χ4n) is 2.99. The van der Waals surface area contributed by atoms with Gasteiger partial charge in [0.1, 0.15) is 18.4 Å². The standard InChI is InChI=1S/C18H27ClN2O4S/c1-3-4-13-26(23,24)21-10-6-9-17(21)18(22)20(2)11-12-25-16-8-5-7-15(19)14-16/h5,7-8,14,17H,3-4,6,9-13H2,1-2H3. The summed E-state index contributed by atoms with van der Waals surface area (Å²) in [6.45, 7) is 3.08. The lowest BCUT2D eigenvalue weighted by atomic mass is 10.2. The molecule has 1 atom stereocenters. The summed E-state index contributed by atoms with van der Waals surface area (Å²) in [6, 6.07) is 6.48. The molecule has 1 fully saturated rings. The number of unbranched alkanes of at least 4 members (excludes halogenated alkanes) is 1. The van der Waals surface area contributed by atoms with E-state index in [2.05, 4.69) is 0 Å². The quantitative estimate of drug-likeness (QED) is 0.637. The van der Waals surface area contributed by atoms with Crippen molar-refractivity contribution in [3.05, 3.63) is 29.3 Å². The number of amides is 1. The number of benzene rings is 1. The normalized spacial score (nSPS) is 18.0. The Hall–Kier alpha value is -1.31. The van der Waals surface area contributed by atoms with Crippen LogP contribution in [0.1, 0.15) is 32.6 Å². The Bertz CT molecular complexity index is 711. The highest BCUT2D eigenvalue weighted by molar-refractivity contribution is 7.89. The van der Waals surface area contributed by atoms with Crippen molar-refractivity contribution in [1.29, 1.82) is 0 Å². The Morgan fingerprint density at radius 1 is 1.42 bits per heavy atom. The van der Waals surface area contributed by atoms with Crippen LogP contribution < -0.4 is 4.74 Å². The van der Waals surface area contributed by atoms with Gasteiger partial charge in [-0.05, 0) is 37.5 Å². The van der Waals surface area contributed by atoms with E-state index < -0.39 is 16.1 Å². The molecule has 1 aliphatic rings. The number of nitrogens with zero attached hydrogens (tertiary/aromatic N) is 2. The third-order valence-electron chi connectivity index (χ3n) is 4.47. The molecule has 0 spiro atoms. The summed E-state index contributed by atoms with van der Waals surface area (Å²) in [4.78, 5) is 14.3. The fraction of sp³-hybridized carbons (Fsp3) is 0.611. The van der Waals surface area contributed by atoms with Gasteiger partial charge in [-0.2, -0.15) is 4.31 Å². The van der Waals surface area contributed by atoms with Gasteiger partial charge in [0.05, 0.1) is 12.3 Å². The van der Waals surface area contributed by atoms with E-state index in [1.165, 1.54) is 4.31 Å². The molecule has 0 aromatic heterocycles.